The Labute approximate surface area is 343 Å². The molecule has 0 bridgehead atoms. The maximum Gasteiger partial charge on any atom is 0.138 e. The summed E-state index contributed by atoms with van der Waals surface area (Å²) in [6.07, 6.45) is 0. The fraction of sp³-hybridized carbons (Fsp3) is 0. The van der Waals surface area contributed by atoms with Crippen molar-refractivity contribution in [1.82, 2.24) is 9.97 Å². The van der Waals surface area contributed by atoms with Gasteiger partial charge in [-0.2, -0.15) is 0 Å². The minimum absolute atomic E-state index is 0.830. The summed E-state index contributed by atoms with van der Waals surface area (Å²) in [6.45, 7) is 0. The third kappa shape index (κ3) is 5.93. The zero-order valence-electron chi connectivity index (χ0n) is 32.3. The number of imidazole rings is 1. The molecule has 1 heterocycles. The number of H-pyrrole nitrogens is 1. The molecule has 10 aromatic carbocycles. The predicted octanol–water partition coefficient (Wildman–Crippen LogP) is 15.5. The van der Waals surface area contributed by atoms with Gasteiger partial charge in [-0.3, -0.25) is 0 Å². The quantitative estimate of drug-likeness (QED) is 0.161. The van der Waals surface area contributed by atoms with Crippen LogP contribution < -0.4 is 0 Å². The maximum absolute atomic E-state index is 5.38. The van der Waals surface area contributed by atoms with E-state index in [1.807, 2.05) is 0 Å². The lowest BCUT2D eigenvalue weighted by atomic mass is 9.77. The van der Waals surface area contributed by atoms with Gasteiger partial charge in [-0.15, -0.1) is 0 Å². The van der Waals surface area contributed by atoms with E-state index in [2.05, 4.69) is 229 Å². The Morgan fingerprint density at radius 1 is 0.271 bits per heavy atom. The van der Waals surface area contributed by atoms with Crippen LogP contribution in [0.5, 0.6) is 0 Å². The van der Waals surface area contributed by atoms with Gasteiger partial charge in [0, 0.05) is 16.7 Å². The van der Waals surface area contributed by atoms with Crippen LogP contribution in [-0.2, 0) is 0 Å². The number of nitrogens with zero attached hydrogens (tertiary/aromatic N) is 1. The van der Waals surface area contributed by atoms with Gasteiger partial charge in [0.1, 0.15) is 5.82 Å². The summed E-state index contributed by atoms with van der Waals surface area (Å²) >= 11 is 0. The van der Waals surface area contributed by atoms with Crippen LogP contribution in [-0.4, -0.2) is 9.97 Å². The van der Waals surface area contributed by atoms with Crippen molar-refractivity contribution < 1.29 is 0 Å². The van der Waals surface area contributed by atoms with E-state index in [1.165, 1.54) is 76.8 Å². The number of benzene rings is 10. The number of fused-ring (bicyclic) bond motifs is 3. The third-order valence-electron chi connectivity index (χ3n) is 11.6. The molecule has 11 aromatic rings. The molecule has 1 aromatic heterocycles. The minimum atomic E-state index is 0.830. The number of aromatic amines is 1. The molecule has 59 heavy (non-hydrogen) atoms. The first-order valence-corrected chi connectivity index (χ1v) is 20.2. The molecule has 0 fully saturated rings. The van der Waals surface area contributed by atoms with E-state index >= 15 is 0 Å². The Hall–Kier alpha value is -7.81. The average molecular weight is 751 g/mol. The summed E-state index contributed by atoms with van der Waals surface area (Å²) in [5.41, 5.74) is 14.8. The van der Waals surface area contributed by atoms with Crippen LogP contribution in [0.25, 0.3) is 111 Å². The molecule has 1 N–H and O–H groups in total. The van der Waals surface area contributed by atoms with Gasteiger partial charge in [0.15, 0.2) is 0 Å². The Bertz CT molecular complexity index is 3210. The molecule has 11 rings (SSSR count). The van der Waals surface area contributed by atoms with Crippen LogP contribution in [0.4, 0.5) is 0 Å². The van der Waals surface area contributed by atoms with E-state index in [0.29, 0.717) is 0 Å². The van der Waals surface area contributed by atoms with Gasteiger partial charge in [0.05, 0.1) is 11.4 Å². The van der Waals surface area contributed by atoms with Crippen LogP contribution >= 0.6 is 0 Å². The van der Waals surface area contributed by atoms with E-state index in [9.17, 15) is 0 Å². The van der Waals surface area contributed by atoms with Crippen LogP contribution in [0, 0.1) is 0 Å². The van der Waals surface area contributed by atoms with Gasteiger partial charge in [0.2, 0.25) is 0 Å². The van der Waals surface area contributed by atoms with Crippen molar-refractivity contribution >= 4 is 32.3 Å². The first-order valence-electron chi connectivity index (χ1n) is 20.2. The zero-order chi connectivity index (χ0) is 39.1. The molecule has 0 saturated heterocycles. The average Bonchev–Trinajstić information content (AvgIpc) is 3.77. The van der Waals surface area contributed by atoms with Crippen LogP contribution in [0.15, 0.2) is 224 Å². The lowest BCUT2D eigenvalue weighted by molar-refractivity contribution is 1.31. The summed E-state index contributed by atoms with van der Waals surface area (Å²) in [5, 5.41) is 7.30. The molecule has 0 atom stereocenters. The van der Waals surface area contributed by atoms with Crippen molar-refractivity contribution in [2.75, 3.05) is 0 Å². The highest BCUT2D eigenvalue weighted by molar-refractivity contribution is 6.34. The van der Waals surface area contributed by atoms with E-state index in [1.54, 1.807) is 0 Å². The minimum Gasteiger partial charge on any atom is -0.337 e. The molecule has 0 radical (unpaired) electrons. The highest BCUT2D eigenvalue weighted by Crippen LogP contribution is 2.54. The Balaban J connectivity index is 1.35. The number of aromatic nitrogens is 2. The van der Waals surface area contributed by atoms with Gasteiger partial charge >= 0.3 is 0 Å². The maximum atomic E-state index is 5.38. The van der Waals surface area contributed by atoms with Crippen molar-refractivity contribution in [3.05, 3.63) is 224 Å². The fourth-order valence-electron chi connectivity index (χ4n) is 9.07. The van der Waals surface area contributed by atoms with E-state index in [4.69, 9.17) is 4.98 Å². The number of hydrogen-bond acceptors (Lipinski definition) is 1. The summed E-state index contributed by atoms with van der Waals surface area (Å²) < 4.78 is 0. The number of hydrogen-bond donors (Lipinski definition) is 1. The molecule has 0 aliphatic heterocycles. The Kier molecular flexibility index (Phi) is 8.52. The summed E-state index contributed by atoms with van der Waals surface area (Å²) in [7, 11) is 0. The lowest BCUT2D eigenvalue weighted by Crippen LogP contribution is -1.98. The van der Waals surface area contributed by atoms with E-state index in [-0.39, 0.29) is 0 Å². The molecule has 2 nitrogen and oxygen atoms in total. The molecule has 0 unspecified atom stereocenters. The largest absolute Gasteiger partial charge is 0.337 e. The normalized spacial score (nSPS) is 11.4. The molecule has 0 saturated carbocycles. The second kappa shape index (κ2) is 14.6. The topological polar surface area (TPSA) is 28.7 Å². The second-order valence-corrected chi connectivity index (χ2v) is 15.1. The van der Waals surface area contributed by atoms with Gasteiger partial charge < -0.3 is 4.98 Å². The van der Waals surface area contributed by atoms with Crippen LogP contribution in [0.2, 0.25) is 0 Å². The molecular weight excluding hydrogens is 713 g/mol. The number of rotatable bonds is 7. The first kappa shape index (κ1) is 34.4. The van der Waals surface area contributed by atoms with Gasteiger partial charge in [-0.05, 0) is 82.9 Å². The lowest BCUT2D eigenvalue weighted by Gasteiger charge is -2.25. The molecule has 2 heteroatoms. The smallest absolute Gasteiger partial charge is 0.138 e. The highest BCUT2D eigenvalue weighted by Gasteiger charge is 2.26. The third-order valence-corrected chi connectivity index (χ3v) is 11.6. The van der Waals surface area contributed by atoms with E-state index in [0.717, 1.165) is 33.9 Å². The standard InChI is InChI=1S/C57H38N2/c1-7-21-38(22-8-1)49-45-33-19-20-34-46(45)50(39-23-9-2-10-24-39)54-52(41-27-13-4-14-28-41)48-37-44(35-36-47(48)51(53(49)54)40-25-11-3-12-26-40)57-58-55(42-29-15-5-16-30-42)56(59-57)43-31-17-6-18-32-43/h1-37H,(H,58,59). The molecule has 0 spiro atoms. The van der Waals surface area contributed by atoms with Gasteiger partial charge in [-0.25, -0.2) is 4.98 Å². The molecule has 0 aliphatic rings. The highest BCUT2D eigenvalue weighted by atomic mass is 14.9. The zero-order valence-corrected chi connectivity index (χ0v) is 32.3. The molecule has 276 valence electrons. The van der Waals surface area contributed by atoms with Crippen LogP contribution in [0.3, 0.4) is 0 Å². The van der Waals surface area contributed by atoms with Crippen LogP contribution in [0.1, 0.15) is 0 Å². The molecule has 0 amide bonds. The summed E-state index contributed by atoms with van der Waals surface area (Å²) in [6, 6.07) is 80.8. The van der Waals surface area contributed by atoms with Crippen molar-refractivity contribution in [1.29, 1.82) is 0 Å². The SMILES string of the molecule is c1ccc(-c2nc(-c3ccc4c(-c5ccccc5)c5c(-c6ccccc6)c6ccccc6c(-c6ccccc6)c5c(-c5ccccc5)c4c3)[nH]c2-c2ccccc2)cc1. The summed E-state index contributed by atoms with van der Waals surface area (Å²) in [4.78, 5) is 9.18. The first-order chi connectivity index (χ1) is 29.3. The Morgan fingerprint density at radius 3 is 1.03 bits per heavy atom. The monoisotopic (exact) mass is 750 g/mol. The summed E-state index contributed by atoms with van der Waals surface area (Å²) in [5.74, 6) is 0.830. The second-order valence-electron chi connectivity index (χ2n) is 15.1. The van der Waals surface area contributed by atoms with Gasteiger partial charge in [0.25, 0.3) is 0 Å². The van der Waals surface area contributed by atoms with Crippen molar-refractivity contribution in [2.45, 2.75) is 0 Å². The van der Waals surface area contributed by atoms with Gasteiger partial charge in [-0.1, -0.05) is 218 Å². The van der Waals surface area contributed by atoms with Crippen molar-refractivity contribution in [3.8, 4) is 78.4 Å². The van der Waals surface area contributed by atoms with Crippen molar-refractivity contribution in [2.24, 2.45) is 0 Å². The van der Waals surface area contributed by atoms with Crippen molar-refractivity contribution in [3.63, 3.8) is 0 Å². The Morgan fingerprint density at radius 2 is 0.610 bits per heavy atom. The van der Waals surface area contributed by atoms with E-state index < -0.39 is 0 Å². The molecular formula is C57H38N2. The predicted molar refractivity (Wildman–Crippen MR) is 249 cm³/mol. The fourth-order valence-corrected chi connectivity index (χ4v) is 9.07. The molecule has 0 aliphatic carbocycles. The number of nitrogens with one attached hydrogen (secondary N) is 1.